The lowest BCUT2D eigenvalue weighted by atomic mass is 10.0. The molecule has 0 saturated carbocycles. The van der Waals surface area contributed by atoms with Gasteiger partial charge >= 0.3 is 0 Å². The Morgan fingerprint density at radius 2 is 2.08 bits per heavy atom. The molecule has 0 N–H and O–H groups in total. The fourth-order valence-electron chi connectivity index (χ4n) is 2.11. The Labute approximate surface area is 74.6 Å². The minimum Gasteiger partial charge on any atom is -0.383 e. The molecule has 3 nitrogen and oxygen atoms in total. The summed E-state index contributed by atoms with van der Waals surface area (Å²) >= 11 is 0. The highest BCUT2D eigenvalue weighted by Crippen LogP contribution is 2.24. The monoisotopic (exact) mass is 173 g/mol. The molecule has 0 aliphatic carbocycles. The highest BCUT2D eigenvalue weighted by atomic mass is 16.5. The zero-order valence-corrected chi connectivity index (χ0v) is 8.41. The first-order valence-corrected chi connectivity index (χ1v) is 4.42. The molecule has 0 radical (unpaired) electrons. The number of hydrogen-bond donors (Lipinski definition) is 0. The lowest BCUT2D eigenvalue weighted by molar-refractivity contribution is 0.0183. The van der Waals surface area contributed by atoms with Gasteiger partial charge in [-0.1, -0.05) is 6.92 Å². The third-order valence-corrected chi connectivity index (χ3v) is 2.69. The smallest absolute Gasteiger partial charge is 0.0786 e. The van der Waals surface area contributed by atoms with Crippen LogP contribution in [-0.2, 0) is 9.47 Å². The molecule has 3 heteroatoms. The number of nitrogens with zero attached hydrogens (tertiary/aromatic N) is 1. The first-order chi connectivity index (χ1) is 5.70. The lowest BCUT2D eigenvalue weighted by Crippen LogP contribution is -2.37. The van der Waals surface area contributed by atoms with Crippen LogP contribution in [0.25, 0.3) is 0 Å². The van der Waals surface area contributed by atoms with E-state index in [0.717, 1.165) is 13.2 Å². The van der Waals surface area contributed by atoms with Gasteiger partial charge < -0.3 is 9.47 Å². The zero-order valence-electron chi connectivity index (χ0n) is 8.41. The van der Waals surface area contributed by atoms with Crippen LogP contribution in [0.1, 0.15) is 6.92 Å². The summed E-state index contributed by atoms with van der Waals surface area (Å²) in [6.07, 6.45) is 0.329. The van der Waals surface area contributed by atoms with E-state index in [9.17, 15) is 0 Å². The van der Waals surface area contributed by atoms with Gasteiger partial charge in [-0.3, -0.25) is 4.90 Å². The summed E-state index contributed by atoms with van der Waals surface area (Å²) < 4.78 is 10.6. The molecule has 3 unspecified atom stereocenters. The molecule has 0 aromatic rings. The third kappa shape index (κ3) is 1.79. The van der Waals surface area contributed by atoms with Crippen LogP contribution in [0.3, 0.4) is 0 Å². The van der Waals surface area contributed by atoms with Crippen molar-refractivity contribution in [3.8, 4) is 0 Å². The van der Waals surface area contributed by atoms with E-state index < -0.39 is 0 Å². The van der Waals surface area contributed by atoms with Crippen molar-refractivity contribution in [1.82, 2.24) is 4.90 Å². The summed E-state index contributed by atoms with van der Waals surface area (Å²) in [7, 11) is 5.64. The molecule has 1 aliphatic rings. The standard InChI is InChI=1S/C9H19NO2/c1-7-5-10(2)8(6-11-3)9(7)12-4/h7-9H,5-6H2,1-4H3. The van der Waals surface area contributed by atoms with E-state index in [-0.39, 0.29) is 0 Å². The molecule has 0 bridgehead atoms. The zero-order chi connectivity index (χ0) is 9.14. The molecule has 1 saturated heterocycles. The molecule has 12 heavy (non-hydrogen) atoms. The summed E-state index contributed by atoms with van der Waals surface area (Å²) in [6.45, 7) is 4.09. The molecular formula is C9H19NO2. The van der Waals surface area contributed by atoms with Crippen LogP contribution in [0.5, 0.6) is 0 Å². The van der Waals surface area contributed by atoms with Gasteiger partial charge in [0.1, 0.15) is 0 Å². The van der Waals surface area contributed by atoms with Gasteiger partial charge in [0.2, 0.25) is 0 Å². The average Bonchev–Trinajstić information content (AvgIpc) is 2.28. The first-order valence-electron chi connectivity index (χ1n) is 4.42. The molecule has 0 spiro atoms. The quantitative estimate of drug-likeness (QED) is 0.624. The molecule has 1 aliphatic heterocycles. The fourth-order valence-corrected chi connectivity index (χ4v) is 2.11. The van der Waals surface area contributed by atoms with Gasteiger partial charge in [-0.25, -0.2) is 0 Å². The molecular weight excluding hydrogens is 154 g/mol. The van der Waals surface area contributed by atoms with Gasteiger partial charge in [-0.05, 0) is 13.0 Å². The van der Waals surface area contributed by atoms with E-state index in [4.69, 9.17) is 9.47 Å². The predicted molar refractivity (Wildman–Crippen MR) is 48.3 cm³/mol. The van der Waals surface area contributed by atoms with E-state index in [2.05, 4.69) is 18.9 Å². The normalized spacial score (nSPS) is 37.5. The van der Waals surface area contributed by atoms with Gasteiger partial charge in [0.25, 0.3) is 0 Å². The van der Waals surface area contributed by atoms with E-state index >= 15 is 0 Å². The Bertz CT molecular complexity index is 140. The van der Waals surface area contributed by atoms with Crippen molar-refractivity contribution in [2.75, 3.05) is 34.4 Å². The van der Waals surface area contributed by atoms with Crippen molar-refractivity contribution in [3.05, 3.63) is 0 Å². The van der Waals surface area contributed by atoms with Gasteiger partial charge in [0.05, 0.1) is 18.8 Å². The Kier molecular flexibility index (Phi) is 3.50. The van der Waals surface area contributed by atoms with Gasteiger partial charge in [0.15, 0.2) is 0 Å². The van der Waals surface area contributed by atoms with Crippen LogP contribution in [0.2, 0.25) is 0 Å². The summed E-state index contributed by atoms with van der Waals surface area (Å²) in [5.41, 5.74) is 0. The second kappa shape index (κ2) is 4.21. The minimum absolute atomic E-state index is 0.329. The summed E-state index contributed by atoms with van der Waals surface area (Å²) in [4.78, 5) is 2.31. The Hall–Kier alpha value is -0.120. The second-order valence-electron chi connectivity index (χ2n) is 3.64. The van der Waals surface area contributed by atoms with E-state index in [1.165, 1.54) is 0 Å². The summed E-state index contributed by atoms with van der Waals surface area (Å²) in [5.74, 6) is 0.611. The molecule has 72 valence electrons. The average molecular weight is 173 g/mol. The van der Waals surface area contributed by atoms with Crippen LogP contribution in [0.15, 0.2) is 0 Å². The largest absolute Gasteiger partial charge is 0.383 e. The minimum atomic E-state index is 0.329. The van der Waals surface area contributed by atoms with Crippen molar-refractivity contribution < 1.29 is 9.47 Å². The molecule has 1 rings (SSSR count). The molecule has 0 aromatic carbocycles. The molecule has 1 fully saturated rings. The Morgan fingerprint density at radius 3 is 2.58 bits per heavy atom. The highest BCUT2D eigenvalue weighted by molar-refractivity contribution is 4.90. The second-order valence-corrected chi connectivity index (χ2v) is 3.64. The Balaban J connectivity index is 2.55. The van der Waals surface area contributed by atoms with Crippen molar-refractivity contribution in [2.45, 2.75) is 19.1 Å². The van der Waals surface area contributed by atoms with Crippen LogP contribution < -0.4 is 0 Å². The van der Waals surface area contributed by atoms with Crippen molar-refractivity contribution in [3.63, 3.8) is 0 Å². The maximum absolute atomic E-state index is 5.44. The maximum atomic E-state index is 5.44. The molecule has 1 heterocycles. The third-order valence-electron chi connectivity index (χ3n) is 2.69. The first kappa shape index (κ1) is 9.96. The van der Waals surface area contributed by atoms with Crippen LogP contribution in [0.4, 0.5) is 0 Å². The summed E-state index contributed by atoms with van der Waals surface area (Å²) in [5, 5.41) is 0. The van der Waals surface area contributed by atoms with E-state index in [1.54, 1.807) is 14.2 Å². The number of hydrogen-bond acceptors (Lipinski definition) is 3. The summed E-state index contributed by atoms with van der Waals surface area (Å²) in [6, 6.07) is 0.426. The number of methoxy groups -OCH3 is 2. The number of rotatable bonds is 3. The SMILES string of the molecule is COCC1C(OC)C(C)CN1C. The topological polar surface area (TPSA) is 21.7 Å². The van der Waals surface area contributed by atoms with Crippen LogP contribution in [0, 0.1) is 5.92 Å². The fraction of sp³-hybridized carbons (Fsp3) is 1.00. The molecule has 3 atom stereocenters. The van der Waals surface area contributed by atoms with Gasteiger partial charge in [0, 0.05) is 20.8 Å². The number of likely N-dealkylation sites (N-methyl/N-ethyl adjacent to an activating group) is 1. The van der Waals surface area contributed by atoms with Crippen LogP contribution in [-0.4, -0.2) is 51.5 Å². The van der Waals surface area contributed by atoms with E-state index in [1.807, 2.05) is 0 Å². The highest BCUT2D eigenvalue weighted by Gasteiger charge is 2.37. The van der Waals surface area contributed by atoms with Crippen LogP contribution >= 0.6 is 0 Å². The lowest BCUT2D eigenvalue weighted by Gasteiger charge is -2.23. The maximum Gasteiger partial charge on any atom is 0.0786 e. The number of ether oxygens (including phenoxy) is 2. The Morgan fingerprint density at radius 1 is 1.42 bits per heavy atom. The van der Waals surface area contributed by atoms with Crippen molar-refractivity contribution in [1.29, 1.82) is 0 Å². The van der Waals surface area contributed by atoms with Gasteiger partial charge in [-0.2, -0.15) is 0 Å². The van der Waals surface area contributed by atoms with E-state index in [0.29, 0.717) is 18.1 Å². The predicted octanol–water partition coefficient (Wildman–Crippen LogP) is 0.598. The molecule has 0 amide bonds. The van der Waals surface area contributed by atoms with Gasteiger partial charge in [-0.15, -0.1) is 0 Å². The van der Waals surface area contributed by atoms with Crippen molar-refractivity contribution >= 4 is 0 Å². The number of likely N-dealkylation sites (tertiary alicyclic amines) is 1. The molecule has 0 aromatic heterocycles. The van der Waals surface area contributed by atoms with Crippen molar-refractivity contribution in [2.24, 2.45) is 5.92 Å².